The summed E-state index contributed by atoms with van der Waals surface area (Å²) in [5, 5.41) is 3.19. The molecule has 4 heterocycles. The van der Waals surface area contributed by atoms with E-state index in [1.807, 2.05) is 0 Å². The minimum Gasteiger partial charge on any atom is -0.441 e. The third-order valence-electron chi connectivity index (χ3n) is 5.36. The molecular weight excluding hydrogens is 330 g/mol. The minimum absolute atomic E-state index is 0.0333. The number of hydrogen-bond donors (Lipinski definition) is 2. The van der Waals surface area contributed by atoms with Crippen LogP contribution >= 0.6 is 0 Å². The summed E-state index contributed by atoms with van der Waals surface area (Å²) in [4.78, 5) is 29.2. The molecule has 1 aromatic heterocycles. The van der Waals surface area contributed by atoms with Crippen molar-refractivity contribution < 1.29 is 14.3 Å². The van der Waals surface area contributed by atoms with E-state index in [9.17, 15) is 9.59 Å². The molecule has 136 valence electrons. The van der Waals surface area contributed by atoms with E-state index in [1.54, 1.807) is 36.4 Å². The zero-order valence-electron chi connectivity index (χ0n) is 14.8. The number of H-pyrrole nitrogens is 1. The first-order valence-corrected chi connectivity index (χ1v) is 9.09. The quantitative estimate of drug-likeness (QED) is 0.811. The molecule has 3 aliphatic rings. The van der Waals surface area contributed by atoms with Crippen molar-refractivity contribution in [3.63, 3.8) is 0 Å². The van der Waals surface area contributed by atoms with Crippen molar-refractivity contribution in [1.82, 2.24) is 15.2 Å². The molecule has 1 amide bonds. The number of amides is 1. The van der Waals surface area contributed by atoms with Crippen molar-refractivity contribution in [2.45, 2.75) is 25.8 Å². The van der Waals surface area contributed by atoms with Gasteiger partial charge >= 0.3 is 0 Å². The van der Waals surface area contributed by atoms with Crippen LogP contribution in [-0.4, -0.2) is 47.3 Å². The lowest BCUT2D eigenvalue weighted by Crippen LogP contribution is -2.57. The number of ketones is 1. The highest BCUT2D eigenvalue weighted by molar-refractivity contribution is 5.94. The molecule has 0 aliphatic carbocycles. The molecule has 1 atom stereocenters. The number of rotatable bonds is 5. The van der Waals surface area contributed by atoms with Crippen LogP contribution < -0.4 is 10.1 Å². The van der Waals surface area contributed by atoms with Gasteiger partial charge in [0, 0.05) is 31.1 Å². The number of nitrogens with zero attached hydrogens (tertiary/aromatic N) is 1. The largest absolute Gasteiger partial charge is 0.441 e. The number of aromatic nitrogens is 1. The van der Waals surface area contributed by atoms with Gasteiger partial charge in [0.05, 0.1) is 5.69 Å². The number of aromatic amines is 1. The van der Waals surface area contributed by atoms with Crippen molar-refractivity contribution in [2.75, 3.05) is 19.6 Å². The van der Waals surface area contributed by atoms with Crippen molar-refractivity contribution in [1.29, 1.82) is 0 Å². The summed E-state index contributed by atoms with van der Waals surface area (Å²) in [5.41, 5.74) is 1.14. The monoisotopic (exact) mass is 353 g/mol. The maximum atomic E-state index is 12.5. The molecule has 6 nitrogen and oxygen atoms in total. The fourth-order valence-electron chi connectivity index (χ4n) is 3.82. The van der Waals surface area contributed by atoms with Crippen LogP contribution in [0, 0.1) is 5.92 Å². The Bertz CT molecular complexity index is 804. The van der Waals surface area contributed by atoms with E-state index in [-0.39, 0.29) is 17.7 Å². The van der Waals surface area contributed by atoms with Crippen molar-refractivity contribution in [3.05, 3.63) is 47.7 Å². The van der Waals surface area contributed by atoms with E-state index in [2.05, 4.69) is 15.2 Å². The number of benzene rings is 1. The lowest BCUT2D eigenvalue weighted by atomic mass is 9.84. The highest BCUT2D eigenvalue weighted by Gasteiger charge is 2.34. The first-order chi connectivity index (χ1) is 12.6. The molecule has 0 spiro atoms. The molecular formula is C20H23N3O3. The van der Waals surface area contributed by atoms with Gasteiger partial charge in [0.15, 0.2) is 11.7 Å². The van der Waals surface area contributed by atoms with Gasteiger partial charge in [-0.15, -0.1) is 0 Å². The molecule has 26 heavy (non-hydrogen) atoms. The van der Waals surface area contributed by atoms with E-state index in [0.717, 1.165) is 19.6 Å². The van der Waals surface area contributed by atoms with Gasteiger partial charge in [-0.3, -0.25) is 9.59 Å². The highest BCUT2D eigenvalue weighted by Crippen LogP contribution is 2.28. The van der Waals surface area contributed by atoms with Crippen LogP contribution in [0.1, 0.15) is 40.6 Å². The van der Waals surface area contributed by atoms with Crippen LogP contribution in [0.2, 0.25) is 0 Å². The third kappa shape index (κ3) is 3.51. The average molecular weight is 353 g/mol. The fourth-order valence-corrected chi connectivity index (χ4v) is 3.82. The Balaban J connectivity index is 1.37. The Hall–Kier alpha value is -2.60. The Morgan fingerprint density at radius 3 is 2.42 bits per heavy atom. The normalized spacial score (nSPS) is 24.3. The summed E-state index contributed by atoms with van der Waals surface area (Å²) in [6.07, 6.45) is 2.35. The molecule has 3 fully saturated rings. The number of carbonyl (C=O) groups excluding carboxylic acids is 2. The predicted molar refractivity (Wildman–Crippen MR) is 97.7 cm³/mol. The van der Waals surface area contributed by atoms with Crippen molar-refractivity contribution in [3.8, 4) is 11.6 Å². The van der Waals surface area contributed by atoms with Crippen LogP contribution in [0.5, 0.6) is 11.6 Å². The molecule has 6 heteroatoms. The zero-order valence-corrected chi connectivity index (χ0v) is 14.8. The summed E-state index contributed by atoms with van der Waals surface area (Å²) in [6, 6.07) is 10.7. The first kappa shape index (κ1) is 16.8. The maximum Gasteiger partial charge on any atom is 0.251 e. The predicted octanol–water partition coefficient (Wildman–Crippen LogP) is 2.83. The van der Waals surface area contributed by atoms with Crippen LogP contribution in [0.15, 0.2) is 36.4 Å². The number of fused-ring (bicyclic) bond motifs is 3. The van der Waals surface area contributed by atoms with Crippen molar-refractivity contribution in [2.24, 2.45) is 5.92 Å². The lowest BCUT2D eigenvalue weighted by Gasteiger charge is -2.44. The molecule has 0 saturated carbocycles. The van der Waals surface area contributed by atoms with E-state index in [0.29, 0.717) is 28.8 Å². The van der Waals surface area contributed by atoms with Gasteiger partial charge in [0.1, 0.15) is 5.75 Å². The Morgan fingerprint density at radius 1 is 1.12 bits per heavy atom. The number of carbonyl (C=O) groups is 2. The van der Waals surface area contributed by atoms with Gasteiger partial charge in [0.25, 0.3) is 5.91 Å². The van der Waals surface area contributed by atoms with E-state index < -0.39 is 0 Å². The van der Waals surface area contributed by atoms with Gasteiger partial charge in [-0.25, -0.2) is 0 Å². The standard InChI is InChI=1S/C20H23N3O3/c1-13(24)17-6-7-19(21-17)26-16-4-2-15(3-5-16)20(25)22-18-12-23-10-8-14(18)9-11-23/h2-7,14,18,21H,8-12H2,1H3,(H,22,25)/t18-/m0/s1. The summed E-state index contributed by atoms with van der Waals surface area (Å²) >= 11 is 0. The number of Topliss-reactive ketones (excluding diaryl/α,β-unsaturated/α-hetero) is 1. The summed E-state index contributed by atoms with van der Waals surface area (Å²) in [5.74, 6) is 1.64. The van der Waals surface area contributed by atoms with Gasteiger partial charge in [-0.05, 0) is 62.2 Å². The molecule has 2 bridgehead atoms. The molecule has 3 aliphatic heterocycles. The second kappa shape index (κ2) is 6.96. The second-order valence-corrected chi connectivity index (χ2v) is 7.14. The molecule has 5 rings (SSSR count). The molecule has 3 saturated heterocycles. The number of nitrogens with one attached hydrogen (secondary N) is 2. The Kier molecular flexibility index (Phi) is 4.51. The minimum atomic E-state index is -0.0420. The number of hydrogen-bond acceptors (Lipinski definition) is 4. The van der Waals surface area contributed by atoms with Gasteiger partial charge in [0.2, 0.25) is 0 Å². The molecule has 2 aromatic rings. The second-order valence-electron chi connectivity index (χ2n) is 7.14. The van der Waals surface area contributed by atoms with Gasteiger partial charge in [-0.1, -0.05) is 0 Å². The lowest BCUT2D eigenvalue weighted by molar-refractivity contribution is 0.0620. The fraction of sp³-hybridized carbons (Fsp3) is 0.400. The van der Waals surface area contributed by atoms with Crippen molar-refractivity contribution >= 4 is 11.7 Å². The van der Waals surface area contributed by atoms with Crippen LogP contribution in [-0.2, 0) is 0 Å². The topological polar surface area (TPSA) is 74.4 Å². The van der Waals surface area contributed by atoms with E-state index >= 15 is 0 Å². The molecule has 2 N–H and O–H groups in total. The van der Waals surface area contributed by atoms with Crippen LogP contribution in [0.25, 0.3) is 0 Å². The Labute approximate surface area is 152 Å². The third-order valence-corrected chi connectivity index (χ3v) is 5.36. The summed E-state index contributed by atoms with van der Waals surface area (Å²) in [7, 11) is 0. The number of ether oxygens (including phenoxy) is 1. The molecule has 0 radical (unpaired) electrons. The van der Waals surface area contributed by atoms with Gasteiger partial charge < -0.3 is 19.9 Å². The van der Waals surface area contributed by atoms with Crippen LogP contribution in [0.3, 0.4) is 0 Å². The maximum absolute atomic E-state index is 12.5. The molecule has 0 unspecified atom stereocenters. The zero-order chi connectivity index (χ0) is 18.1. The first-order valence-electron chi connectivity index (χ1n) is 9.09. The van der Waals surface area contributed by atoms with Crippen LogP contribution in [0.4, 0.5) is 0 Å². The SMILES string of the molecule is CC(=O)c1ccc(Oc2ccc(C(=O)N[C@H]3CN4CCC3CC4)cc2)[nH]1. The average Bonchev–Trinajstić information content (AvgIpc) is 3.12. The number of piperidine rings is 3. The Morgan fingerprint density at radius 2 is 1.85 bits per heavy atom. The molecule has 1 aromatic carbocycles. The van der Waals surface area contributed by atoms with Gasteiger partial charge in [-0.2, -0.15) is 0 Å². The van der Waals surface area contributed by atoms with E-state index in [1.165, 1.54) is 19.8 Å². The highest BCUT2D eigenvalue weighted by atomic mass is 16.5. The summed E-state index contributed by atoms with van der Waals surface area (Å²) < 4.78 is 5.69. The smallest absolute Gasteiger partial charge is 0.251 e. The van der Waals surface area contributed by atoms with E-state index in [4.69, 9.17) is 4.74 Å². The summed E-state index contributed by atoms with van der Waals surface area (Å²) in [6.45, 7) is 4.78.